The molecule has 0 spiro atoms. The van der Waals surface area contributed by atoms with Crippen LogP contribution >= 0.6 is 0 Å². The number of aromatic nitrogens is 1. The van der Waals surface area contributed by atoms with Crippen molar-refractivity contribution in [1.29, 1.82) is 0 Å². The Morgan fingerprint density at radius 1 is 1.17 bits per heavy atom. The second-order valence-corrected chi connectivity index (χ2v) is 8.37. The fourth-order valence-corrected chi connectivity index (χ4v) is 4.45. The number of ether oxygens (including phenoxy) is 3. The minimum absolute atomic E-state index is 0.0367. The number of pyridine rings is 1. The molecule has 0 bridgehead atoms. The first-order valence-electron chi connectivity index (χ1n) is 10.9. The van der Waals surface area contributed by atoms with E-state index in [-0.39, 0.29) is 24.8 Å². The highest BCUT2D eigenvalue weighted by molar-refractivity contribution is 5.68. The van der Waals surface area contributed by atoms with Crippen molar-refractivity contribution in [2.75, 3.05) is 6.61 Å². The molecule has 1 N–H and O–H groups in total. The van der Waals surface area contributed by atoms with Crippen LogP contribution in [0.5, 0.6) is 23.1 Å². The smallest absolute Gasteiger partial charge is 0.417 e. The lowest BCUT2D eigenvalue weighted by molar-refractivity contribution is -0.138. The summed E-state index contributed by atoms with van der Waals surface area (Å²) in [6.45, 7) is 0.269. The zero-order valence-corrected chi connectivity index (χ0v) is 18.1. The van der Waals surface area contributed by atoms with E-state index < -0.39 is 29.6 Å². The Balaban J connectivity index is 1.35. The topological polar surface area (TPSA) is 77.9 Å². The predicted octanol–water partition coefficient (Wildman–Crippen LogP) is 6.05. The molecule has 2 aromatic carbocycles. The molecule has 2 aliphatic rings. The number of hydrogen-bond donors (Lipinski definition) is 1. The lowest BCUT2D eigenvalue weighted by atomic mass is 9.98. The van der Waals surface area contributed by atoms with Gasteiger partial charge in [-0.15, -0.1) is 0 Å². The number of benzene rings is 2. The molecule has 0 radical (unpaired) electrons. The van der Waals surface area contributed by atoms with Crippen LogP contribution in [0.3, 0.4) is 0 Å². The molecule has 35 heavy (non-hydrogen) atoms. The molecule has 1 aliphatic heterocycles. The molecule has 2 heterocycles. The van der Waals surface area contributed by atoms with Crippen LogP contribution in [0.25, 0.3) is 0 Å². The number of carboxylic acid groups (broad SMARTS) is 1. The van der Waals surface area contributed by atoms with Crippen LogP contribution in [0.1, 0.15) is 47.1 Å². The van der Waals surface area contributed by atoms with Gasteiger partial charge in [0.15, 0.2) is 0 Å². The van der Waals surface area contributed by atoms with Crippen LogP contribution in [0, 0.1) is 5.82 Å². The first kappa shape index (κ1) is 22.9. The highest BCUT2D eigenvalue weighted by Gasteiger charge is 2.33. The van der Waals surface area contributed by atoms with E-state index in [1.165, 1.54) is 12.1 Å². The van der Waals surface area contributed by atoms with E-state index in [1.807, 2.05) is 0 Å². The number of carbonyl (C=O) groups is 1. The molecule has 0 amide bonds. The summed E-state index contributed by atoms with van der Waals surface area (Å²) in [5, 5.41) is 9.05. The van der Waals surface area contributed by atoms with Gasteiger partial charge in [-0.05, 0) is 37.1 Å². The summed E-state index contributed by atoms with van der Waals surface area (Å²) in [7, 11) is 0. The van der Waals surface area contributed by atoms with Crippen molar-refractivity contribution in [3.8, 4) is 23.1 Å². The molecule has 2 atom stereocenters. The molecular weight excluding hydrogens is 470 g/mol. The summed E-state index contributed by atoms with van der Waals surface area (Å²) in [4.78, 5) is 14.7. The zero-order chi connectivity index (χ0) is 24.7. The molecule has 3 aromatic rings. The lowest BCUT2D eigenvalue weighted by Crippen LogP contribution is -2.07. The molecule has 6 nitrogen and oxygen atoms in total. The molecular formula is C25H19F4NO5. The average molecular weight is 489 g/mol. The molecule has 0 fully saturated rings. The highest BCUT2D eigenvalue weighted by atomic mass is 19.4. The van der Waals surface area contributed by atoms with Crippen molar-refractivity contribution < 1.29 is 41.7 Å². The van der Waals surface area contributed by atoms with Crippen LogP contribution in [0.2, 0.25) is 0 Å². The molecule has 182 valence electrons. The average Bonchev–Trinajstić information content (AvgIpc) is 3.40. The van der Waals surface area contributed by atoms with Gasteiger partial charge in [-0.2, -0.15) is 13.2 Å². The number of hydrogen-bond acceptors (Lipinski definition) is 5. The maximum atomic E-state index is 14.8. The van der Waals surface area contributed by atoms with E-state index in [9.17, 15) is 22.4 Å². The summed E-state index contributed by atoms with van der Waals surface area (Å²) < 4.78 is 70.4. The third-order valence-electron chi connectivity index (χ3n) is 6.08. The molecule has 0 saturated heterocycles. The summed E-state index contributed by atoms with van der Waals surface area (Å²) in [6, 6.07) is 9.75. The quantitative estimate of drug-likeness (QED) is 0.425. The summed E-state index contributed by atoms with van der Waals surface area (Å²) in [5.41, 5.74) is 0.781. The van der Waals surface area contributed by atoms with Crippen molar-refractivity contribution >= 4 is 5.97 Å². The second kappa shape index (κ2) is 8.75. The van der Waals surface area contributed by atoms with E-state index >= 15 is 0 Å². The Morgan fingerprint density at radius 3 is 2.71 bits per heavy atom. The Hall–Kier alpha value is -3.82. The van der Waals surface area contributed by atoms with Gasteiger partial charge in [-0.3, -0.25) is 4.79 Å². The van der Waals surface area contributed by atoms with Crippen molar-refractivity contribution in [1.82, 2.24) is 4.98 Å². The zero-order valence-electron chi connectivity index (χ0n) is 18.1. The second-order valence-electron chi connectivity index (χ2n) is 8.37. The van der Waals surface area contributed by atoms with Crippen molar-refractivity contribution in [2.24, 2.45) is 0 Å². The minimum Gasteiger partial charge on any atom is -0.492 e. The maximum Gasteiger partial charge on any atom is 0.417 e. The monoisotopic (exact) mass is 489 g/mol. The standard InChI is InChI=1S/C25H19F4NO5/c26-18-5-7-19(35-22-8-1-14(11-30-22)25(27,28)29)17-4-6-20(24(17)18)34-15-2-3-16-13(9-23(31)32)12-33-21(16)10-15/h1-3,5,7-8,10-11,13,20H,4,6,9,12H2,(H,31,32)/t13?,20-/m1/s1. The molecule has 1 unspecified atom stereocenters. The van der Waals surface area contributed by atoms with Gasteiger partial charge in [0.05, 0.1) is 18.6 Å². The van der Waals surface area contributed by atoms with E-state index in [1.54, 1.807) is 18.2 Å². The maximum absolute atomic E-state index is 14.8. The number of fused-ring (bicyclic) bond motifs is 2. The van der Waals surface area contributed by atoms with Crippen LogP contribution in [-0.4, -0.2) is 22.7 Å². The van der Waals surface area contributed by atoms with Crippen molar-refractivity contribution in [3.63, 3.8) is 0 Å². The van der Waals surface area contributed by atoms with Crippen LogP contribution < -0.4 is 14.2 Å². The Bertz CT molecular complexity index is 1280. The fraction of sp³-hybridized carbons (Fsp3) is 0.280. The van der Waals surface area contributed by atoms with E-state index in [0.29, 0.717) is 47.4 Å². The number of alkyl halides is 3. The van der Waals surface area contributed by atoms with Gasteiger partial charge in [0, 0.05) is 40.9 Å². The largest absolute Gasteiger partial charge is 0.492 e. The molecule has 0 saturated carbocycles. The van der Waals surface area contributed by atoms with Crippen LogP contribution in [0.4, 0.5) is 17.6 Å². The number of aliphatic carboxylic acids is 1. The van der Waals surface area contributed by atoms with Crippen molar-refractivity contribution in [3.05, 3.63) is 76.7 Å². The summed E-state index contributed by atoms with van der Waals surface area (Å²) >= 11 is 0. The molecule has 5 rings (SSSR count). The van der Waals surface area contributed by atoms with Crippen LogP contribution in [0.15, 0.2) is 48.7 Å². The number of rotatable bonds is 6. The van der Waals surface area contributed by atoms with Gasteiger partial charge in [0.1, 0.15) is 29.2 Å². The van der Waals surface area contributed by atoms with Gasteiger partial charge in [-0.1, -0.05) is 6.07 Å². The van der Waals surface area contributed by atoms with Gasteiger partial charge in [0.25, 0.3) is 0 Å². The molecule has 1 aromatic heterocycles. The number of halogens is 4. The normalized spacial score (nSPS) is 18.5. The first-order valence-corrected chi connectivity index (χ1v) is 10.9. The van der Waals surface area contributed by atoms with Crippen molar-refractivity contribution in [2.45, 2.75) is 37.5 Å². The van der Waals surface area contributed by atoms with Gasteiger partial charge < -0.3 is 19.3 Å². The van der Waals surface area contributed by atoms with Gasteiger partial charge in [-0.25, -0.2) is 9.37 Å². The van der Waals surface area contributed by atoms with Gasteiger partial charge in [0.2, 0.25) is 5.88 Å². The highest BCUT2D eigenvalue weighted by Crippen LogP contribution is 2.44. The van der Waals surface area contributed by atoms with Crippen LogP contribution in [-0.2, 0) is 17.4 Å². The summed E-state index contributed by atoms with van der Waals surface area (Å²) in [5.74, 6) is -0.370. The van der Waals surface area contributed by atoms with E-state index in [2.05, 4.69) is 4.98 Å². The predicted molar refractivity (Wildman–Crippen MR) is 114 cm³/mol. The lowest BCUT2D eigenvalue weighted by Gasteiger charge is -2.17. The Kier molecular flexibility index (Phi) is 5.74. The van der Waals surface area contributed by atoms with E-state index in [4.69, 9.17) is 19.3 Å². The SMILES string of the molecule is O=C(O)CC1COc2cc(O[C@@H]3CCc4c(Oc5ccc(C(F)(F)F)cn5)ccc(F)c43)ccc21. The minimum atomic E-state index is -4.51. The van der Waals surface area contributed by atoms with Gasteiger partial charge >= 0.3 is 12.1 Å². The summed E-state index contributed by atoms with van der Waals surface area (Å²) in [6.07, 6.45) is -3.56. The number of carboxylic acids is 1. The fourth-order valence-electron chi connectivity index (χ4n) is 4.45. The Labute approximate surface area is 197 Å². The molecule has 1 aliphatic carbocycles. The first-order chi connectivity index (χ1) is 16.7. The molecule has 10 heteroatoms. The third kappa shape index (κ3) is 4.60. The number of nitrogens with zero attached hydrogens (tertiary/aromatic N) is 1. The third-order valence-corrected chi connectivity index (χ3v) is 6.08. The Morgan fingerprint density at radius 2 is 2.00 bits per heavy atom. The van der Waals surface area contributed by atoms with E-state index in [0.717, 1.165) is 17.7 Å².